The van der Waals surface area contributed by atoms with Crippen molar-refractivity contribution in [3.63, 3.8) is 0 Å². The molecule has 0 radical (unpaired) electrons. The predicted octanol–water partition coefficient (Wildman–Crippen LogP) is 3.30. The summed E-state index contributed by atoms with van der Waals surface area (Å²) in [7, 11) is 4.05. The zero-order valence-corrected chi connectivity index (χ0v) is 20.1. The fraction of sp³-hybridized carbons (Fsp3) is 0.360. The Bertz CT molecular complexity index is 1180. The van der Waals surface area contributed by atoms with Gasteiger partial charge in [-0.1, -0.05) is 30.3 Å². The van der Waals surface area contributed by atoms with Gasteiger partial charge in [0.1, 0.15) is 13.2 Å². The first-order chi connectivity index (χ1) is 15.9. The second-order valence-electron chi connectivity index (χ2n) is 8.51. The molecule has 2 N–H and O–H groups in total. The lowest BCUT2D eigenvalue weighted by atomic mass is 10.1. The van der Waals surface area contributed by atoms with Crippen molar-refractivity contribution >= 4 is 28.2 Å². The summed E-state index contributed by atoms with van der Waals surface area (Å²) >= 11 is 5.77. The molecule has 1 atom stereocenters. The second-order valence-corrected chi connectivity index (χ2v) is 8.90. The second kappa shape index (κ2) is 10.2. The van der Waals surface area contributed by atoms with E-state index in [2.05, 4.69) is 34.3 Å². The minimum absolute atomic E-state index is 0.0547. The summed E-state index contributed by atoms with van der Waals surface area (Å²) in [6.07, 6.45) is 0. The first-order valence-electron chi connectivity index (χ1n) is 11.1. The average Bonchev–Trinajstić information content (AvgIpc) is 2.81. The van der Waals surface area contributed by atoms with Gasteiger partial charge in [0.05, 0.1) is 18.1 Å². The molecule has 4 rings (SSSR count). The molecule has 0 saturated carbocycles. The predicted molar refractivity (Wildman–Crippen MR) is 135 cm³/mol. The Morgan fingerprint density at radius 1 is 1.09 bits per heavy atom. The van der Waals surface area contributed by atoms with Crippen LogP contribution < -0.4 is 20.3 Å². The molecule has 0 spiro atoms. The minimum Gasteiger partial charge on any atom is -0.486 e. The molecule has 0 aliphatic carbocycles. The number of likely N-dealkylation sites (N-methyl/N-ethyl adjacent to an activating group) is 1. The Balaban J connectivity index is 1.57. The molecule has 3 aromatic rings. The van der Waals surface area contributed by atoms with Crippen molar-refractivity contribution in [2.24, 2.45) is 0 Å². The van der Waals surface area contributed by atoms with Crippen molar-refractivity contribution in [3.8, 4) is 11.5 Å². The number of hydrogen-bond donors (Lipinski definition) is 2. The van der Waals surface area contributed by atoms with Crippen molar-refractivity contribution in [1.82, 2.24) is 20.1 Å². The van der Waals surface area contributed by atoms with E-state index in [1.807, 2.05) is 55.4 Å². The van der Waals surface area contributed by atoms with E-state index in [4.69, 9.17) is 21.7 Å². The number of nitrogens with zero attached hydrogens (tertiary/aromatic N) is 2. The minimum atomic E-state index is -0.132. The van der Waals surface area contributed by atoms with Crippen LogP contribution in [0.4, 0.5) is 0 Å². The number of H-pyrrole nitrogens is 1. The lowest BCUT2D eigenvalue weighted by Crippen LogP contribution is -2.44. The maximum atomic E-state index is 12.9. The monoisotopic (exact) mass is 466 g/mol. The van der Waals surface area contributed by atoms with Gasteiger partial charge in [-0.15, -0.1) is 0 Å². The van der Waals surface area contributed by atoms with E-state index in [1.165, 1.54) is 0 Å². The highest BCUT2D eigenvalue weighted by Gasteiger charge is 2.18. The number of nitrogens with one attached hydrogen (secondary N) is 2. The van der Waals surface area contributed by atoms with E-state index in [0.717, 1.165) is 23.0 Å². The molecule has 1 aromatic heterocycles. The molecule has 0 saturated heterocycles. The Hall–Kier alpha value is -3.10. The molecule has 174 valence electrons. The fourth-order valence-corrected chi connectivity index (χ4v) is 4.12. The summed E-state index contributed by atoms with van der Waals surface area (Å²) in [5.41, 5.74) is 2.40. The summed E-state index contributed by atoms with van der Waals surface area (Å²) in [5, 5.41) is 4.95. The van der Waals surface area contributed by atoms with E-state index < -0.39 is 0 Å². The Kier molecular flexibility index (Phi) is 7.15. The molecule has 2 aromatic carbocycles. The lowest BCUT2D eigenvalue weighted by Gasteiger charge is -2.29. The van der Waals surface area contributed by atoms with Crippen molar-refractivity contribution in [3.05, 3.63) is 70.0 Å². The number of pyridine rings is 1. The van der Waals surface area contributed by atoms with Gasteiger partial charge in [-0.3, -0.25) is 4.79 Å². The molecule has 0 amide bonds. The van der Waals surface area contributed by atoms with Crippen molar-refractivity contribution in [2.75, 3.05) is 40.4 Å². The van der Waals surface area contributed by atoms with Crippen molar-refractivity contribution in [2.45, 2.75) is 19.5 Å². The molecule has 0 fully saturated rings. The maximum Gasteiger partial charge on any atom is 0.253 e. The molecule has 7 nitrogen and oxygen atoms in total. The molecule has 2 heterocycles. The smallest absolute Gasteiger partial charge is 0.253 e. The largest absolute Gasteiger partial charge is 0.486 e. The van der Waals surface area contributed by atoms with Crippen LogP contribution in [0.1, 0.15) is 24.1 Å². The number of benzene rings is 2. The van der Waals surface area contributed by atoms with Crippen LogP contribution in [0.2, 0.25) is 0 Å². The molecule has 0 unspecified atom stereocenters. The highest BCUT2D eigenvalue weighted by Crippen LogP contribution is 2.33. The molecule has 0 bridgehead atoms. The van der Waals surface area contributed by atoms with Crippen LogP contribution in [0.25, 0.3) is 10.9 Å². The molecule has 8 heteroatoms. The third-order valence-electron chi connectivity index (χ3n) is 5.69. The summed E-state index contributed by atoms with van der Waals surface area (Å²) in [6.45, 7) is 5.02. The van der Waals surface area contributed by atoms with Crippen LogP contribution in [0.15, 0.2) is 53.3 Å². The first-order valence-corrected chi connectivity index (χ1v) is 11.5. The highest BCUT2D eigenvalue weighted by molar-refractivity contribution is 7.80. The molecule has 33 heavy (non-hydrogen) atoms. The van der Waals surface area contributed by atoms with Gasteiger partial charge >= 0.3 is 0 Å². The summed E-state index contributed by atoms with van der Waals surface area (Å²) in [5.74, 6) is 1.36. The molecular weight excluding hydrogens is 436 g/mol. The number of fused-ring (bicyclic) bond motifs is 2. The number of rotatable bonds is 7. The summed E-state index contributed by atoms with van der Waals surface area (Å²) in [6, 6.07) is 15.9. The van der Waals surface area contributed by atoms with Gasteiger partial charge in [-0.05, 0) is 50.9 Å². The van der Waals surface area contributed by atoms with Gasteiger partial charge in [0.25, 0.3) is 5.56 Å². The van der Waals surface area contributed by atoms with Crippen LogP contribution in [0.3, 0.4) is 0 Å². The van der Waals surface area contributed by atoms with Gasteiger partial charge in [0.15, 0.2) is 16.6 Å². The molecule has 1 aliphatic rings. The number of ether oxygens (including phenoxy) is 2. The number of aromatic amines is 1. The Morgan fingerprint density at radius 3 is 2.48 bits per heavy atom. The summed E-state index contributed by atoms with van der Waals surface area (Å²) in [4.78, 5) is 20.1. The number of thiocarbonyl (C=S) groups is 1. The zero-order valence-electron chi connectivity index (χ0n) is 19.3. The van der Waals surface area contributed by atoms with Crippen molar-refractivity contribution in [1.29, 1.82) is 0 Å². The standard InChI is InChI=1S/C25H30N4O3S/c1-17(18-7-5-4-6-8-18)26-25(33)29(10-9-28(2)3)16-20-13-19-14-22-23(32-12-11-31-22)15-21(19)27-24(20)30/h4-8,13-15,17H,9-12,16H2,1-3H3,(H,26,33)(H,27,30)/t17-/m0/s1. The Morgan fingerprint density at radius 2 is 1.79 bits per heavy atom. The lowest BCUT2D eigenvalue weighted by molar-refractivity contribution is 0.172. The molecular formula is C25H30N4O3S. The van der Waals surface area contributed by atoms with E-state index in [0.29, 0.717) is 48.5 Å². The SMILES string of the molecule is C[C@H](NC(=S)N(CCN(C)C)Cc1cc2cc3c(cc2[nH]c1=O)OCCO3)c1ccccc1. The van der Waals surface area contributed by atoms with Crippen LogP contribution in [0, 0.1) is 0 Å². The van der Waals surface area contributed by atoms with E-state index in [9.17, 15) is 4.79 Å². The quantitative estimate of drug-likeness (QED) is 0.518. The number of hydrogen-bond acceptors (Lipinski definition) is 5. The van der Waals surface area contributed by atoms with Crippen LogP contribution in [0.5, 0.6) is 11.5 Å². The van der Waals surface area contributed by atoms with Gasteiger partial charge in [-0.25, -0.2) is 0 Å². The van der Waals surface area contributed by atoms with E-state index in [-0.39, 0.29) is 11.6 Å². The van der Waals surface area contributed by atoms with Crippen molar-refractivity contribution < 1.29 is 9.47 Å². The Labute approximate surface area is 199 Å². The maximum absolute atomic E-state index is 12.9. The normalized spacial score (nSPS) is 13.7. The molecule has 1 aliphatic heterocycles. The average molecular weight is 467 g/mol. The topological polar surface area (TPSA) is 69.8 Å². The third kappa shape index (κ3) is 5.64. The van der Waals surface area contributed by atoms with E-state index in [1.54, 1.807) is 0 Å². The van der Waals surface area contributed by atoms with Crippen LogP contribution >= 0.6 is 12.2 Å². The summed E-state index contributed by atoms with van der Waals surface area (Å²) < 4.78 is 11.3. The van der Waals surface area contributed by atoms with E-state index >= 15 is 0 Å². The third-order valence-corrected chi connectivity index (χ3v) is 6.07. The van der Waals surface area contributed by atoms with Gasteiger partial charge in [-0.2, -0.15) is 0 Å². The van der Waals surface area contributed by atoms with Gasteiger partial charge in [0.2, 0.25) is 0 Å². The van der Waals surface area contributed by atoms with Gasteiger partial charge in [0, 0.05) is 30.1 Å². The zero-order chi connectivity index (χ0) is 23.4. The fourth-order valence-electron chi connectivity index (χ4n) is 3.79. The first kappa shape index (κ1) is 23.1. The number of aromatic nitrogens is 1. The van der Waals surface area contributed by atoms with Gasteiger partial charge < -0.3 is 29.6 Å². The van der Waals surface area contributed by atoms with Crippen LogP contribution in [-0.4, -0.2) is 60.3 Å². The highest BCUT2D eigenvalue weighted by atomic mass is 32.1. The van der Waals surface area contributed by atoms with Crippen LogP contribution in [-0.2, 0) is 6.54 Å².